The maximum atomic E-state index is 11.8. The molecule has 0 aromatic heterocycles. The molecule has 34 heavy (non-hydrogen) atoms. The molecule has 0 bridgehead atoms. The third-order valence-corrected chi connectivity index (χ3v) is 3.73. The summed E-state index contributed by atoms with van der Waals surface area (Å²) in [7, 11) is 0. The quantitative estimate of drug-likeness (QED) is 0.195. The van der Waals surface area contributed by atoms with Crippen LogP contribution in [0, 0.1) is 0 Å². The summed E-state index contributed by atoms with van der Waals surface area (Å²) in [5.74, 6) is -1.10. The first kappa shape index (κ1) is 32.2. The fourth-order valence-corrected chi connectivity index (χ4v) is 2.52. The minimum atomic E-state index is -1.05. The summed E-state index contributed by atoms with van der Waals surface area (Å²) in [5, 5.41) is 0. The smallest absolute Gasteiger partial charge is 0.308 e. The standard InChI is InChI=1S/C24H45NO9/c1-18(2)32-19(26)9-12-29-15-24(25,16-30-13-10-20(27)33-22(3,4)5)17-31-14-11-21(28)34-23(6,7)8/h18H,9-17,25H2,1-8H3. The van der Waals surface area contributed by atoms with E-state index >= 15 is 0 Å². The molecule has 0 aromatic carbocycles. The van der Waals surface area contributed by atoms with Gasteiger partial charge in [-0.05, 0) is 55.4 Å². The van der Waals surface area contributed by atoms with Crippen LogP contribution in [-0.4, -0.2) is 80.4 Å². The summed E-state index contributed by atoms with van der Waals surface area (Å²) in [5.41, 5.74) is 4.22. The molecule has 0 unspecified atom stereocenters. The highest BCUT2D eigenvalue weighted by Gasteiger charge is 2.27. The number of ether oxygens (including phenoxy) is 6. The average Bonchev–Trinajstić information content (AvgIpc) is 2.63. The summed E-state index contributed by atoms with van der Waals surface area (Å²) >= 11 is 0. The Hall–Kier alpha value is -1.75. The van der Waals surface area contributed by atoms with E-state index in [0.717, 1.165) is 0 Å². The third-order valence-electron chi connectivity index (χ3n) is 3.73. The molecule has 0 aliphatic rings. The SMILES string of the molecule is CC(C)OC(=O)CCOCC(N)(COCCC(=O)OC(C)(C)C)COCCC(=O)OC(C)(C)C. The van der Waals surface area contributed by atoms with Crippen molar-refractivity contribution in [3.05, 3.63) is 0 Å². The molecule has 0 spiro atoms. The second kappa shape index (κ2) is 15.3. The maximum absolute atomic E-state index is 11.8. The number of nitrogens with two attached hydrogens (primary N) is 1. The van der Waals surface area contributed by atoms with Crippen molar-refractivity contribution in [2.24, 2.45) is 5.73 Å². The van der Waals surface area contributed by atoms with Crippen LogP contribution in [0.25, 0.3) is 0 Å². The van der Waals surface area contributed by atoms with Gasteiger partial charge in [-0.2, -0.15) is 0 Å². The second-order valence-corrected chi connectivity index (χ2v) is 10.5. The zero-order valence-corrected chi connectivity index (χ0v) is 22.2. The fourth-order valence-electron chi connectivity index (χ4n) is 2.52. The van der Waals surface area contributed by atoms with Crippen molar-refractivity contribution < 1.29 is 42.8 Å². The first-order valence-electron chi connectivity index (χ1n) is 11.7. The van der Waals surface area contributed by atoms with Crippen molar-refractivity contribution in [1.29, 1.82) is 0 Å². The number of rotatable bonds is 16. The molecule has 0 aromatic rings. The van der Waals surface area contributed by atoms with Crippen LogP contribution in [0.5, 0.6) is 0 Å². The fraction of sp³-hybridized carbons (Fsp3) is 0.875. The molecule has 0 amide bonds. The van der Waals surface area contributed by atoms with E-state index < -0.39 is 16.7 Å². The van der Waals surface area contributed by atoms with Gasteiger partial charge in [-0.3, -0.25) is 14.4 Å². The van der Waals surface area contributed by atoms with Crippen molar-refractivity contribution in [3.63, 3.8) is 0 Å². The molecule has 0 atom stereocenters. The first-order chi connectivity index (χ1) is 15.5. The highest BCUT2D eigenvalue weighted by atomic mass is 16.6. The monoisotopic (exact) mass is 491 g/mol. The molecule has 0 rings (SSSR count). The minimum Gasteiger partial charge on any atom is -0.463 e. The highest BCUT2D eigenvalue weighted by molar-refractivity contribution is 5.70. The maximum Gasteiger partial charge on any atom is 0.308 e. The van der Waals surface area contributed by atoms with Crippen LogP contribution < -0.4 is 5.73 Å². The number of hydrogen-bond acceptors (Lipinski definition) is 10. The van der Waals surface area contributed by atoms with Gasteiger partial charge in [0.2, 0.25) is 0 Å². The molecular formula is C24H45NO9. The summed E-state index contributed by atoms with van der Waals surface area (Å²) < 4.78 is 32.3. The Kier molecular flexibility index (Phi) is 14.5. The van der Waals surface area contributed by atoms with Gasteiger partial charge in [0.05, 0.1) is 70.5 Å². The Morgan fingerprint density at radius 2 is 0.971 bits per heavy atom. The third kappa shape index (κ3) is 19.7. The Morgan fingerprint density at radius 1 is 0.647 bits per heavy atom. The van der Waals surface area contributed by atoms with Gasteiger partial charge in [-0.1, -0.05) is 0 Å². The Labute approximate surface area is 204 Å². The van der Waals surface area contributed by atoms with Gasteiger partial charge in [0.1, 0.15) is 11.2 Å². The van der Waals surface area contributed by atoms with Crippen LogP contribution in [0.3, 0.4) is 0 Å². The van der Waals surface area contributed by atoms with Gasteiger partial charge in [0.25, 0.3) is 0 Å². The molecule has 10 nitrogen and oxygen atoms in total. The van der Waals surface area contributed by atoms with E-state index in [0.29, 0.717) is 0 Å². The molecule has 10 heteroatoms. The Balaban J connectivity index is 4.60. The lowest BCUT2D eigenvalue weighted by molar-refractivity contribution is -0.157. The second-order valence-electron chi connectivity index (χ2n) is 10.5. The van der Waals surface area contributed by atoms with E-state index in [9.17, 15) is 14.4 Å². The van der Waals surface area contributed by atoms with Crippen molar-refractivity contribution in [2.45, 2.75) is 97.5 Å². The van der Waals surface area contributed by atoms with Gasteiger partial charge < -0.3 is 34.2 Å². The molecule has 0 radical (unpaired) electrons. The van der Waals surface area contributed by atoms with Gasteiger partial charge in [-0.15, -0.1) is 0 Å². The van der Waals surface area contributed by atoms with Crippen LogP contribution in [0.1, 0.15) is 74.7 Å². The minimum absolute atomic E-state index is 0.0404. The van der Waals surface area contributed by atoms with Crippen LogP contribution >= 0.6 is 0 Å². The largest absolute Gasteiger partial charge is 0.463 e. The molecule has 0 aliphatic carbocycles. The lowest BCUT2D eigenvalue weighted by Gasteiger charge is -2.29. The average molecular weight is 492 g/mol. The number of esters is 3. The number of carbonyl (C=O) groups is 3. The Bertz CT molecular complexity index is 585. The van der Waals surface area contributed by atoms with Crippen molar-refractivity contribution in [3.8, 4) is 0 Å². The van der Waals surface area contributed by atoms with Gasteiger partial charge in [0, 0.05) is 0 Å². The van der Waals surface area contributed by atoms with Crippen LogP contribution in [0.2, 0.25) is 0 Å². The van der Waals surface area contributed by atoms with E-state index in [2.05, 4.69) is 0 Å². The molecule has 0 aliphatic heterocycles. The molecule has 200 valence electrons. The van der Waals surface area contributed by atoms with Crippen molar-refractivity contribution in [2.75, 3.05) is 39.6 Å². The summed E-state index contributed by atoms with van der Waals surface area (Å²) in [6.45, 7) is 14.8. The Morgan fingerprint density at radius 3 is 1.26 bits per heavy atom. The summed E-state index contributed by atoms with van der Waals surface area (Å²) in [6.07, 6.45) is 0.0504. The predicted molar refractivity (Wildman–Crippen MR) is 126 cm³/mol. The van der Waals surface area contributed by atoms with Crippen molar-refractivity contribution >= 4 is 17.9 Å². The lowest BCUT2D eigenvalue weighted by Crippen LogP contribution is -2.53. The van der Waals surface area contributed by atoms with E-state index in [4.69, 9.17) is 34.2 Å². The van der Waals surface area contributed by atoms with E-state index in [1.54, 1.807) is 55.4 Å². The normalized spacial score (nSPS) is 12.5. The van der Waals surface area contributed by atoms with Gasteiger partial charge in [-0.25, -0.2) is 0 Å². The van der Waals surface area contributed by atoms with Crippen LogP contribution in [-0.2, 0) is 42.8 Å². The van der Waals surface area contributed by atoms with E-state index in [1.165, 1.54) is 0 Å². The summed E-state index contributed by atoms with van der Waals surface area (Å²) in [6, 6.07) is 0. The van der Waals surface area contributed by atoms with E-state index in [-0.39, 0.29) is 82.9 Å². The molecule has 0 heterocycles. The number of carbonyl (C=O) groups excluding carboxylic acids is 3. The van der Waals surface area contributed by atoms with Crippen LogP contribution in [0.4, 0.5) is 0 Å². The summed E-state index contributed by atoms with van der Waals surface area (Å²) in [4.78, 5) is 35.3. The molecular weight excluding hydrogens is 446 g/mol. The lowest BCUT2D eigenvalue weighted by atomic mass is 10.1. The van der Waals surface area contributed by atoms with Gasteiger partial charge >= 0.3 is 17.9 Å². The molecule has 2 N–H and O–H groups in total. The first-order valence-corrected chi connectivity index (χ1v) is 11.7. The highest BCUT2D eigenvalue weighted by Crippen LogP contribution is 2.11. The predicted octanol–water partition coefficient (Wildman–Crippen LogP) is 2.54. The number of hydrogen-bond donors (Lipinski definition) is 1. The van der Waals surface area contributed by atoms with E-state index in [1.807, 2.05) is 0 Å². The molecule has 0 fully saturated rings. The zero-order chi connectivity index (χ0) is 26.4. The zero-order valence-electron chi connectivity index (χ0n) is 22.2. The van der Waals surface area contributed by atoms with Crippen LogP contribution in [0.15, 0.2) is 0 Å². The molecule has 0 saturated heterocycles. The van der Waals surface area contributed by atoms with Crippen molar-refractivity contribution in [1.82, 2.24) is 0 Å². The molecule has 0 saturated carbocycles. The topological polar surface area (TPSA) is 133 Å². The van der Waals surface area contributed by atoms with Gasteiger partial charge in [0.15, 0.2) is 0 Å².